The van der Waals surface area contributed by atoms with Crippen LogP contribution in [0.1, 0.15) is 59.3 Å². The highest BCUT2D eigenvalue weighted by molar-refractivity contribution is 5.66. The fourth-order valence-electron chi connectivity index (χ4n) is 6.79. The van der Waals surface area contributed by atoms with Crippen molar-refractivity contribution in [1.82, 2.24) is 24.0 Å². The number of hydrogen-bond donors (Lipinski definition) is 4. The normalized spacial score (nSPS) is 19.5. The maximum atomic E-state index is 12.4. The van der Waals surface area contributed by atoms with Crippen molar-refractivity contribution in [1.29, 1.82) is 0 Å². The van der Waals surface area contributed by atoms with E-state index in [-0.39, 0.29) is 35.2 Å². The summed E-state index contributed by atoms with van der Waals surface area (Å²) in [7, 11) is 0. The van der Waals surface area contributed by atoms with E-state index in [1.54, 1.807) is 24.3 Å². The minimum absolute atomic E-state index is 0.0676. The van der Waals surface area contributed by atoms with Gasteiger partial charge in [-0.2, -0.15) is 17.6 Å². The molecule has 296 valence electrons. The van der Waals surface area contributed by atoms with Crippen molar-refractivity contribution in [2.24, 2.45) is 5.73 Å². The third-order valence-corrected chi connectivity index (χ3v) is 9.15. The Hall–Kier alpha value is -5.65. The van der Waals surface area contributed by atoms with Gasteiger partial charge in [-0.15, -0.1) is 0 Å². The van der Waals surface area contributed by atoms with E-state index in [9.17, 15) is 37.1 Å². The Morgan fingerprint density at radius 1 is 0.782 bits per heavy atom. The Morgan fingerprint density at radius 3 is 1.64 bits per heavy atom. The number of ether oxygens (including phenoxy) is 2. The molecule has 4 aromatic rings. The smallest absolute Gasteiger partial charge is 0.407 e. The number of hydrogen-bond acceptors (Lipinski definition) is 10. The Balaban J connectivity index is 0.000000218. The molecule has 0 unspecified atom stereocenters. The molecular formula is C37H44F4N8O6. The summed E-state index contributed by atoms with van der Waals surface area (Å²) in [6, 6.07) is 12.0. The number of rotatable bonds is 11. The maximum absolute atomic E-state index is 12.4. The van der Waals surface area contributed by atoms with E-state index in [2.05, 4.69) is 30.1 Å². The number of anilines is 2. The minimum Gasteiger partial charge on any atom is -0.465 e. The van der Waals surface area contributed by atoms with Gasteiger partial charge < -0.3 is 35.8 Å². The molecule has 2 aliphatic rings. The first-order chi connectivity index (χ1) is 26.0. The minimum atomic E-state index is -2.98. The summed E-state index contributed by atoms with van der Waals surface area (Å²) in [5.74, 6) is 1.05. The lowest BCUT2D eigenvalue weighted by molar-refractivity contribution is -0.0508. The topological polar surface area (TPSA) is 179 Å². The standard InChI is InChI=1S/C21H26F2N4O4.C16H18F2N4O2/c1-21(2,3)27(20(29)30)14-5-4-13(10-14)25-17-8-6-15(11-24-17)26-12-16(31-19(22)23)7-9-18(26)28;17-16(18)24-13-4-6-15(23)22(9-13)12-3-5-14(20-8-12)21-11-2-1-10(19)7-11/h6-9,11-14,19H,4-5,10H2,1-3H3,(H,24,25)(H,29,30);3-6,8-11,16H,1-2,7,19H2,(H,20,21)/t13-,14-;10-,11-/m00/s1. The number of aromatic nitrogens is 4. The van der Waals surface area contributed by atoms with E-state index in [4.69, 9.17) is 5.73 Å². The number of alkyl halides is 4. The van der Waals surface area contributed by atoms with Crippen LogP contribution in [0, 0.1) is 0 Å². The predicted molar refractivity (Wildman–Crippen MR) is 197 cm³/mol. The average Bonchev–Trinajstić information content (AvgIpc) is 3.74. The molecule has 1 amide bonds. The molecule has 0 radical (unpaired) electrons. The third kappa shape index (κ3) is 11.2. The summed E-state index contributed by atoms with van der Waals surface area (Å²) in [6.45, 7) is -0.290. The molecule has 2 aliphatic carbocycles. The maximum Gasteiger partial charge on any atom is 0.407 e. The number of carbonyl (C=O) groups is 1. The number of nitrogens with two attached hydrogens (primary N) is 1. The summed E-state index contributed by atoms with van der Waals surface area (Å²) in [4.78, 5) is 45.8. The number of nitrogens with one attached hydrogen (secondary N) is 2. The molecule has 6 rings (SSSR count). The molecule has 55 heavy (non-hydrogen) atoms. The van der Waals surface area contributed by atoms with Crippen molar-refractivity contribution in [3.8, 4) is 22.9 Å². The Morgan fingerprint density at radius 2 is 1.25 bits per heavy atom. The van der Waals surface area contributed by atoms with Crippen molar-refractivity contribution in [3.63, 3.8) is 0 Å². The van der Waals surface area contributed by atoms with Crippen LogP contribution in [-0.4, -0.2) is 78.1 Å². The van der Waals surface area contributed by atoms with Crippen LogP contribution in [0.3, 0.4) is 0 Å². The van der Waals surface area contributed by atoms with Gasteiger partial charge in [0.05, 0.1) is 36.2 Å². The predicted octanol–water partition coefficient (Wildman–Crippen LogP) is 6.07. The number of carboxylic acid groups (broad SMARTS) is 1. The quantitative estimate of drug-likeness (QED) is 0.130. The molecule has 0 aromatic carbocycles. The Kier molecular flexibility index (Phi) is 13.0. The van der Waals surface area contributed by atoms with Gasteiger partial charge >= 0.3 is 19.3 Å². The first-order valence-electron chi connectivity index (χ1n) is 17.6. The molecular weight excluding hydrogens is 728 g/mol. The lowest BCUT2D eigenvalue weighted by Crippen LogP contribution is -2.50. The van der Waals surface area contributed by atoms with Crippen molar-refractivity contribution in [3.05, 3.63) is 94.0 Å². The SMILES string of the molecule is CC(C)(C)N(C(=O)O)[C@H]1CC[C@H](Nc2ccc(-n3cc(OC(F)F)ccc3=O)cn2)C1.N[C@H]1CC[C@H](Nc2ccc(-n3cc(OC(F)F)ccc3=O)cn2)C1. The molecule has 4 atom stereocenters. The third-order valence-electron chi connectivity index (χ3n) is 9.15. The zero-order chi connectivity index (χ0) is 39.9. The zero-order valence-corrected chi connectivity index (χ0v) is 30.4. The molecule has 18 heteroatoms. The summed E-state index contributed by atoms with van der Waals surface area (Å²) in [6.07, 6.45) is 9.55. The molecule has 14 nitrogen and oxygen atoms in total. The van der Waals surface area contributed by atoms with Crippen LogP contribution in [0.2, 0.25) is 0 Å². The lowest BCUT2D eigenvalue weighted by atomic mass is 10.0. The van der Waals surface area contributed by atoms with E-state index in [0.29, 0.717) is 35.5 Å². The van der Waals surface area contributed by atoms with Gasteiger partial charge in [0.2, 0.25) is 0 Å². The first kappa shape index (κ1) is 40.5. The monoisotopic (exact) mass is 772 g/mol. The summed E-state index contributed by atoms with van der Waals surface area (Å²) < 4.78 is 60.5. The van der Waals surface area contributed by atoms with Crippen LogP contribution in [0.4, 0.5) is 34.0 Å². The number of nitrogens with zero attached hydrogens (tertiary/aromatic N) is 5. The van der Waals surface area contributed by atoms with E-state index in [0.717, 1.165) is 38.2 Å². The molecule has 0 bridgehead atoms. The van der Waals surface area contributed by atoms with Gasteiger partial charge in [0.1, 0.15) is 23.1 Å². The second-order valence-electron chi connectivity index (χ2n) is 14.3. The molecule has 0 aliphatic heterocycles. The Labute approximate surface area is 313 Å². The molecule has 4 heterocycles. The fraction of sp³-hybridized carbons (Fsp3) is 0.432. The van der Waals surface area contributed by atoms with Crippen LogP contribution in [-0.2, 0) is 0 Å². The second kappa shape index (κ2) is 17.7. The fourth-order valence-corrected chi connectivity index (χ4v) is 6.79. The summed E-state index contributed by atoms with van der Waals surface area (Å²) in [5.41, 5.74) is 5.50. The molecule has 0 spiro atoms. The van der Waals surface area contributed by atoms with E-state index in [1.165, 1.54) is 57.0 Å². The molecule has 2 saturated carbocycles. The van der Waals surface area contributed by atoms with Crippen molar-refractivity contribution in [2.45, 2.75) is 102 Å². The average molecular weight is 773 g/mol. The van der Waals surface area contributed by atoms with Crippen LogP contribution in [0.15, 0.2) is 82.9 Å². The molecule has 2 fully saturated rings. The summed E-state index contributed by atoms with van der Waals surface area (Å²) >= 11 is 0. The lowest BCUT2D eigenvalue weighted by Gasteiger charge is -2.38. The molecule has 0 saturated heterocycles. The van der Waals surface area contributed by atoms with E-state index < -0.39 is 30.4 Å². The van der Waals surface area contributed by atoms with Crippen molar-refractivity contribution >= 4 is 17.7 Å². The largest absolute Gasteiger partial charge is 0.465 e. The van der Waals surface area contributed by atoms with Gasteiger partial charge in [-0.25, -0.2) is 14.8 Å². The van der Waals surface area contributed by atoms with Gasteiger partial charge in [0.15, 0.2) is 0 Å². The highest BCUT2D eigenvalue weighted by Crippen LogP contribution is 2.31. The van der Waals surface area contributed by atoms with Crippen LogP contribution >= 0.6 is 0 Å². The number of pyridine rings is 4. The van der Waals surface area contributed by atoms with E-state index in [1.807, 2.05) is 20.8 Å². The number of amides is 1. The molecule has 4 aromatic heterocycles. The van der Waals surface area contributed by atoms with Gasteiger partial charge in [-0.3, -0.25) is 18.7 Å². The molecule has 5 N–H and O–H groups in total. The van der Waals surface area contributed by atoms with Gasteiger partial charge in [-0.1, -0.05) is 0 Å². The Bertz CT molecular complexity index is 2010. The van der Waals surface area contributed by atoms with E-state index >= 15 is 0 Å². The van der Waals surface area contributed by atoms with Gasteiger partial charge in [0.25, 0.3) is 11.1 Å². The highest BCUT2D eigenvalue weighted by Gasteiger charge is 2.38. The number of halogens is 4. The van der Waals surface area contributed by atoms with Gasteiger partial charge in [-0.05, 0) is 95.7 Å². The van der Waals surface area contributed by atoms with Gasteiger partial charge in [0, 0.05) is 41.8 Å². The van der Waals surface area contributed by atoms with Crippen LogP contribution in [0.25, 0.3) is 11.4 Å². The van der Waals surface area contributed by atoms with Crippen molar-refractivity contribution in [2.75, 3.05) is 10.6 Å². The highest BCUT2D eigenvalue weighted by atomic mass is 19.3. The zero-order valence-electron chi connectivity index (χ0n) is 30.4. The summed E-state index contributed by atoms with van der Waals surface area (Å²) in [5, 5.41) is 16.2. The second-order valence-corrected chi connectivity index (χ2v) is 14.3. The van der Waals surface area contributed by atoms with Crippen LogP contribution < -0.4 is 37.0 Å². The first-order valence-corrected chi connectivity index (χ1v) is 17.6. The van der Waals surface area contributed by atoms with Crippen LogP contribution in [0.5, 0.6) is 11.5 Å². The van der Waals surface area contributed by atoms with Crippen molar-refractivity contribution < 1.29 is 36.9 Å².